The summed E-state index contributed by atoms with van der Waals surface area (Å²) in [5, 5.41) is 2.09. The molecule has 0 bridgehead atoms. The van der Waals surface area contributed by atoms with E-state index in [9.17, 15) is 9.59 Å². The quantitative estimate of drug-likeness (QED) is 0.497. The van der Waals surface area contributed by atoms with Gasteiger partial charge in [-0.05, 0) is 55.2 Å². The number of carbonyl (C=O) groups excluding carboxylic acids is 2. The second-order valence-electron chi connectivity index (χ2n) is 9.50. The molecule has 2 fully saturated rings. The SMILES string of the molecule is Cc1ccsc1CN(Cc1ccccc1)C(=O)CN(C(=O)C1CCCC1)C1CCCCC1. The molecule has 2 aliphatic carbocycles. The first kappa shape index (κ1) is 23.0. The van der Waals surface area contributed by atoms with Gasteiger partial charge in [-0.2, -0.15) is 0 Å². The molecule has 2 saturated carbocycles. The number of thiophene rings is 1. The molecule has 2 aromatic rings. The van der Waals surface area contributed by atoms with Gasteiger partial charge in [-0.15, -0.1) is 11.3 Å². The first-order chi connectivity index (χ1) is 15.6. The molecule has 0 N–H and O–H groups in total. The van der Waals surface area contributed by atoms with E-state index in [4.69, 9.17) is 0 Å². The maximum Gasteiger partial charge on any atom is 0.242 e. The van der Waals surface area contributed by atoms with Crippen molar-refractivity contribution in [2.75, 3.05) is 6.54 Å². The van der Waals surface area contributed by atoms with Gasteiger partial charge in [0.15, 0.2) is 0 Å². The third kappa shape index (κ3) is 5.80. The number of hydrogen-bond donors (Lipinski definition) is 0. The zero-order chi connectivity index (χ0) is 22.3. The lowest BCUT2D eigenvalue weighted by Gasteiger charge is -2.37. The Hall–Kier alpha value is -2.14. The van der Waals surface area contributed by atoms with Crippen LogP contribution < -0.4 is 0 Å². The summed E-state index contributed by atoms with van der Waals surface area (Å²) < 4.78 is 0. The molecule has 2 amide bonds. The third-order valence-corrected chi connectivity index (χ3v) is 8.19. The van der Waals surface area contributed by atoms with Crippen molar-refractivity contribution in [1.82, 2.24) is 9.80 Å². The lowest BCUT2D eigenvalue weighted by atomic mass is 9.92. The molecule has 0 unspecified atom stereocenters. The molecule has 4 rings (SSSR count). The van der Waals surface area contributed by atoms with Crippen molar-refractivity contribution in [2.45, 2.75) is 83.8 Å². The van der Waals surface area contributed by atoms with Gasteiger partial charge in [-0.1, -0.05) is 62.4 Å². The summed E-state index contributed by atoms with van der Waals surface area (Å²) in [4.78, 5) is 32.3. The molecule has 172 valence electrons. The predicted molar refractivity (Wildman–Crippen MR) is 130 cm³/mol. The van der Waals surface area contributed by atoms with E-state index >= 15 is 0 Å². The van der Waals surface area contributed by atoms with Crippen LogP contribution in [0.4, 0.5) is 0 Å². The molecule has 1 heterocycles. The van der Waals surface area contributed by atoms with Crippen molar-refractivity contribution in [3.8, 4) is 0 Å². The van der Waals surface area contributed by atoms with Crippen molar-refractivity contribution < 1.29 is 9.59 Å². The van der Waals surface area contributed by atoms with Gasteiger partial charge in [0, 0.05) is 23.4 Å². The minimum atomic E-state index is 0.0681. The molecule has 1 aromatic heterocycles. The van der Waals surface area contributed by atoms with Crippen molar-refractivity contribution in [3.63, 3.8) is 0 Å². The lowest BCUT2D eigenvalue weighted by molar-refractivity contribution is -0.146. The van der Waals surface area contributed by atoms with E-state index in [0.717, 1.165) is 56.9 Å². The van der Waals surface area contributed by atoms with Gasteiger partial charge in [-0.3, -0.25) is 9.59 Å². The number of hydrogen-bond acceptors (Lipinski definition) is 3. The summed E-state index contributed by atoms with van der Waals surface area (Å²) in [5.74, 6) is 0.417. The van der Waals surface area contributed by atoms with Gasteiger partial charge in [0.25, 0.3) is 0 Å². The molecule has 4 nitrogen and oxygen atoms in total. The van der Waals surface area contributed by atoms with E-state index in [-0.39, 0.29) is 30.3 Å². The van der Waals surface area contributed by atoms with Crippen LogP contribution in [0.3, 0.4) is 0 Å². The molecule has 0 radical (unpaired) electrons. The highest BCUT2D eigenvalue weighted by Gasteiger charge is 2.34. The molecule has 0 spiro atoms. The largest absolute Gasteiger partial charge is 0.332 e. The van der Waals surface area contributed by atoms with E-state index in [2.05, 4.69) is 30.5 Å². The van der Waals surface area contributed by atoms with Crippen molar-refractivity contribution in [2.24, 2.45) is 5.92 Å². The lowest BCUT2D eigenvalue weighted by Crippen LogP contribution is -2.49. The van der Waals surface area contributed by atoms with Gasteiger partial charge in [0.2, 0.25) is 11.8 Å². The van der Waals surface area contributed by atoms with Gasteiger partial charge in [0.05, 0.1) is 6.54 Å². The van der Waals surface area contributed by atoms with Gasteiger partial charge in [-0.25, -0.2) is 0 Å². The summed E-state index contributed by atoms with van der Waals surface area (Å²) in [7, 11) is 0. The monoisotopic (exact) mass is 452 g/mol. The van der Waals surface area contributed by atoms with Crippen LogP contribution in [-0.4, -0.2) is 34.2 Å². The number of benzene rings is 1. The Morgan fingerprint density at radius 2 is 1.59 bits per heavy atom. The zero-order valence-corrected chi connectivity index (χ0v) is 20.1. The molecule has 5 heteroatoms. The number of aryl methyl sites for hydroxylation is 1. The van der Waals surface area contributed by atoms with E-state index in [1.807, 2.05) is 28.0 Å². The second kappa shape index (κ2) is 11.1. The summed E-state index contributed by atoms with van der Waals surface area (Å²) in [6.07, 6.45) is 9.89. The minimum absolute atomic E-state index is 0.0681. The Bertz CT molecular complexity index is 882. The fourth-order valence-corrected chi connectivity index (χ4v) is 6.13. The first-order valence-electron chi connectivity index (χ1n) is 12.3. The van der Waals surface area contributed by atoms with Crippen LogP contribution in [0.25, 0.3) is 0 Å². The zero-order valence-electron chi connectivity index (χ0n) is 19.3. The molecule has 32 heavy (non-hydrogen) atoms. The Morgan fingerprint density at radius 1 is 0.906 bits per heavy atom. The van der Waals surface area contributed by atoms with Crippen LogP contribution in [0, 0.1) is 12.8 Å². The highest BCUT2D eigenvalue weighted by Crippen LogP contribution is 2.30. The second-order valence-corrected chi connectivity index (χ2v) is 10.5. The number of rotatable bonds is 8. The smallest absolute Gasteiger partial charge is 0.242 e. The van der Waals surface area contributed by atoms with Crippen LogP contribution in [0.15, 0.2) is 41.8 Å². The van der Waals surface area contributed by atoms with E-state index in [1.165, 1.54) is 16.9 Å². The highest BCUT2D eigenvalue weighted by atomic mass is 32.1. The molecule has 2 aliphatic rings. The van der Waals surface area contributed by atoms with E-state index in [1.54, 1.807) is 11.3 Å². The Balaban J connectivity index is 1.53. The van der Waals surface area contributed by atoms with Crippen LogP contribution in [-0.2, 0) is 22.7 Å². The number of carbonyl (C=O) groups is 2. The van der Waals surface area contributed by atoms with Crippen molar-refractivity contribution in [1.29, 1.82) is 0 Å². The summed E-state index contributed by atoms with van der Waals surface area (Å²) in [6.45, 7) is 3.51. The Kier molecular flexibility index (Phi) is 8.01. The average Bonchev–Trinajstić information content (AvgIpc) is 3.50. The maximum atomic E-state index is 13.7. The van der Waals surface area contributed by atoms with Gasteiger partial charge in [0.1, 0.15) is 6.54 Å². The maximum absolute atomic E-state index is 13.7. The van der Waals surface area contributed by atoms with Gasteiger partial charge < -0.3 is 9.80 Å². The summed E-state index contributed by atoms with van der Waals surface area (Å²) in [5.41, 5.74) is 2.36. The fraction of sp³-hybridized carbons (Fsp3) is 0.556. The fourth-order valence-electron chi connectivity index (χ4n) is 5.21. The molecule has 0 aliphatic heterocycles. The molecule has 0 atom stereocenters. The van der Waals surface area contributed by atoms with Crippen LogP contribution in [0.1, 0.15) is 73.8 Å². The standard InChI is InChI=1S/C27H36N2O2S/c1-21-16-17-32-25(21)19-28(18-22-10-4-2-5-11-22)26(30)20-29(24-14-6-3-7-15-24)27(31)23-12-8-9-13-23/h2,4-5,10-11,16-17,23-24H,3,6-9,12-15,18-20H2,1H3. The number of amides is 2. The van der Waals surface area contributed by atoms with E-state index in [0.29, 0.717) is 13.1 Å². The third-order valence-electron chi connectivity index (χ3n) is 7.18. The van der Waals surface area contributed by atoms with Crippen LogP contribution >= 0.6 is 11.3 Å². The molecule has 0 saturated heterocycles. The summed E-state index contributed by atoms with van der Waals surface area (Å²) >= 11 is 1.71. The molecular weight excluding hydrogens is 416 g/mol. The van der Waals surface area contributed by atoms with Crippen LogP contribution in [0.5, 0.6) is 0 Å². The van der Waals surface area contributed by atoms with Crippen LogP contribution in [0.2, 0.25) is 0 Å². The first-order valence-corrected chi connectivity index (χ1v) is 13.1. The normalized spacial score (nSPS) is 17.4. The highest BCUT2D eigenvalue weighted by molar-refractivity contribution is 7.10. The molecular formula is C27H36N2O2S. The van der Waals surface area contributed by atoms with E-state index < -0.39 is 0 Å². The summed E-state index contributed by atoms with van der Waals surface area (Å²) in [6, 6.07) is 12.5. The van der Waals surface area contributed by atoms with Gasteiger partial charge >= 0.3 is 0 Å². The Labute approximate surface area is 196 Å². The average molecular weight is 453 g/mol. The predicted octanol–water partition coefficient (Wildman–Crippen LogP) is 5.94. The number of nitrogens with zero attached hydrogens (tertiary/aromatic N) is 2. The van der Waals surface area contributed by atoms with Crippen molar-refractivity contribution >= 4 is 23.2 Å². The topological polar surface area (TPSA) is 40.6 Å². The molecule has 1 aromatic carbocycles. The Morgan fingerprint density at radius 3 is 2.25 bits per heavy atom. The van der Waals surface area contributed by atoms with Crippen molar-refractivity contribution in [3.05, 3.63) is 57.8 Å². The minimum Gasteiger partial charge on any atom is -0.332 e.